The molecule has 0 bridgehead atoms. The van der Waals surface area contributed by atoms with Gasteiger partial charge < -0.3 is 5.73 Å². The molecule has 0 radical (unpaired) electrons. The Balaban J connectivity index is 2.11. The Labute approximate surface area is 114 Å². The van der Waals surface area contributed by atoms with E-state index in [9.17, 15) is 0 Å². The van der Waals surface area contributed by atoms with Crippen molar-refractivity contribution in [2.75, 3.05) is 0 Å². The van der Waals surface area contributed by atoms with E-state index in [0.717, 1.165) is 24.2 Å². The first-order valence-corrected chi connectivity index (χ1v) is 7.01. The third kappa shape index (κ3) is 3.41. The van der Waals surface area contributed by atoms with Gasteiger partial charge in [-0.15, -0.1) is 5.10 Å². The zero-order valence-electron chi connectivity index (χ0n) is 11.7. The van der Waals surface area contributed by atoms with Gasteiger partial charge in [0, 0.05) is 0 Å². The predicted octanol–water partition coefficient (Wildman–Crippen LogP) is 3.02. The largest absolute Gasteiger partial charge is 0.323 e. The van der Waals surface area contributed by atoms with Crippen molar-refractivity contribution >= 4 is 0 Å². The van der Waals surface area contributed by atoms with Gasteiger partial charge in [0.2, 0.25) is 0 Å². The summed E-state index contributed by atoms with van der Waals surface area (Å²) in [6.07, 6.45) is 6.38. The minimum Gasteiger partial charge on any atom is -0.323 e. The fraction of sp³-hybridized carbons (Fsp3) is 0.467. The van der Waals surface area contributed by atoms with Crippen molar-refractivity contribution in [3.8, 4) is 5.69 Å². The summed E-state index contributed by atoms with van der Waals surface area (Å²) in [7, 11) is 0. The highest BCUT2D eigenvalue weighted by Gasteiger charge is 2.09. The second kappa shape index (κ2) is 6.48. The van der Waals surface area contributed by atoms with Crippen LogP contribution in [0, 0.1) is 0 Å². The average Bonchev–Trinajstić information content (AvgIpc) is 2.94. The smallest absolute Gasteiger partial charge is 0.0998 e. The maximum atomic E-state index is 5.95. The number of unbranched alkanes of at least 4 members (excludes halogenated alkanes) is 1. The third-order valence-corrected chi connectivity index (χ3v) is 3.35. The number of rotatable bonds is 6. The second-order valence-corrected chi connectivity index (χ2v) is 4.87. The van der Waals surface area contributed by atoms with Gasteiger partial charge in [0.25, 0.3) is 0 Å². The minimum atomic E-state index is -0.0300. The third-order valence-electron chi connectivity index (χ3n) is 3.35. The minimum absolute atomic E-state index is 0.0300. The van der Waals surface area contributed by atoms with Gasteiger partial charge in [-0.05, 0) is 37.0 Å². The lowest BCUT2D eigenvalue weighted by atomic mass is 10.1. The first kappa shape index (κ1) is 13.7. The topological polar surface area (TPSA) is 56.7 Å². The van der Waals surface area contributed by atoms with Gasteiger partial charge in [0.1, 0.15) is 0 Å². The van der Waals surface area contributed by atoms with Gasteiger partial charge in [0.15, 0.2) is 0 Å². The van der Waals surface area contributed by atoms with Crippen molar-refractivity contribution in [3.63, 3.8) is 0 Å². The normalized spacial score (nSPS) is 12.6. The van der Waals surface area contributed by atoms with Crippen molar-refractivity contribution in [1.29, 1.82) is 0 Å². The van der Waals surface area contributed by atoms with Gasteiger partial charge in [-0.2, -0.15) is 0 Å². The summed E-state index contributed by atoms with van der Waals surface area (Å²) in [5.41, 5.74) is 9.20. The number of hydrogen-bond acceptors (Lipinski definition) is 3. The number of nitrogens with two attached hydrogens (primary N) is 1. The van der Waals surface area contributed by atoms with Gasteiger partial charge in [0.05, 0.1) is 23.6 Å². The van der Waals surface area contributed by atoms with Crippen molar-refractivity contribution in [1.82, 2.24) is 15.0 Å². The van der Waals surface area contributed by atoms with E-state index in [0.29, 0.717) is 0 Å². The van der Waals surface area contributed by atoms with E-state index in [1.54, 1.807) is 4.68 Å². The van der Waals surface area contributed by atoms with E-state index < -0.39 is 0 Å². The molecule has 0 saturated carbocycles. The van der Waals surface area contributed by atoms with Crippen molar-refractivity contribution in [3.05, 3.63) is 41.7 Å². The summed E-state index contributed by atoms with van der Waals surface area (Å²) in [5, 5.41) is 8.26. The van der Waals surface area contributed by atoms with Crippen LogP contribution in [-0.2, 0) is 6.42 Å². The van der Waals surface area contributed by atoms with E-state index in [4.69, 9.17) is 5.73 Å². The average molecular weight is 258 g/mol. The van der Waals surface area contributed by atoms with E-state index in [-0.39, 0.29) is 6.04 Å². The highest BCUT2D eigenvalue weighted by molar-refractivity contribution is 5.34. The second-order valence-electron chi connectivity index (χ2n) is 4.87. The molecular formula is C15H22N4. The van der Waals surface area contributed by atoms with Crippen LogP contribution >= 0.6 is 0 Å². The van der Waals surface area contributed by atoms with Crippen LogP contribution < -0.4 is 5.73 Å². The SMILES string of the molecule is CCCCc1ccc(-n2cc(C(N)CC)nn2)cc1. The Morgan fingerprint density at radius 1 is 1.21 bits per heavy atom. The Kier molecular flexibility index (Phi) is 4.68. The molecule has 0 aliphatic heterocycles. The van der Waals surface area contributed by atoms with E-state index >= 15 is 0 Å². The fourth-order valence-electron chi connectivity index (χ4n) is 1.98. The van der Waals surface area contributed by atoms with Crippen LogP contribution in [0.2, 0.25) is 0 Å². The number of hydrogen-bond donors (Lipinski definition) is 1. The first-order chi connectivity index (χ1) is 9.24. The maximum Gasteiger partial charge on any atom is 0.0998 e. The number of aryl methyl sites for hydroxylation is 1. The molecular weight excluding hydrogens is 236 g/mol. The summed E-state index contributed by atoms with van der Waals surface area (Å²) in [6, 6.07) is 8.46. The molecule has 1 unspecified atom stereocenters. The lowest BCUT2D eigenvalue weighted by Gasteiger charge is -2.04. The molecule has 0 spiro atoms. The molecule has 4 heteroatoms. The molecule has 1 heterocycles. The van der Waals surface area contributed by atoms with E-state index in [2.05, 4.69) is 41.5 Å². The Bertz CT molecular complexity index is 501. The van der Waals surface area contributed by atoms with Gasteiger partial charge in [-0.25, -0.2) is 4.68 Å². The van der Waals surface area contributed by atoms with Crippen LogP contribution in [0.5, 0.6) is 0 Å². The van der Waals surface area contributed by atoms with Crippen molar-refractivity contribution in [2.24, 2.45) is 5.73 Å². The molecule has 19 heavy (non-hydrogen) atoms. The summed E-state index contributed by atoms with van der Waals surface area (Å²) in [6.45, 7) is 4.26. The molecule has 1 atom stereocenters. The quantitative estimate of drug-likeness (QED) is 0.866. The van der Waals surface area contributed by atoms with Crippen LogP contribution in [0.4, 0.5) is 0 Å². The van der Waals surface area contributed by atoms with Gasteiger partial charge >= 0.3 is 0 Å². The van der Waals surface area contributed by atoms with Gasteiger partial charge in [-0.3, -0.25) is 0 Å². The van der Waals surface area contributed by atoms with Crippen LogP contribution in [0.1, 0.15) is 50.4 Å². The number of benzene rings is 1. The van der Waals surface area contributed by atoms with E-state index in [1.807, 2.05) is 13.1 Å². The summed E-state index contributed by atoms with van der Waals surface area (Å²) < 4.78 is 1.79. The molecule has 0 fully saturated rings. The summed E-state index contributed by atoms with van der Waals surface area (Å²) >= 11 is 0. The number of aromatic nitrogens is 3. The molecule has 0 amide bonds. The molecule has 102 valence electrons. The zero-order valence-corrected chi connectivity index (χ0v) is 11.7. The zero-order chi connectivity index (χ0) is 13.7. The standard InChI is InChI=1S/C15H22N4/c1-3-5-6-12-7-9-13(10-8-12)19-11-15(17-18-19)14(16)4-2/h7-11,14H,3-6,16H2,1-2H3. The number of nitrogens with zero attached hydrogens (tertiary/aromatic N) is 3. The molecule has 0 aliphatic rings. The molecule has 2 aromatic rings. The van der Waals surface area contributed by atoms with Crippen molar-refractivity contribution in [2.45, 2.75) is 45.6 Å². The van der Waals surface area contributed by atoms with Gasteiger partial charge in [-0.1, -0.05) is 37.6 Å². The Morgan fingerprint density at radius 3 is 2.58 bits per heavy atom. The molecule has 4 nitrogen and oxygen atoms in total. The van der Waals surface area contributed by atoms with Crippen molar-refractivity contribution < 1.29 is 0 Å². The highest BCUT2D eigenvalue weighted by atomic mass is 15.4. The molecule has 0 aliphatic carbocycles. The fourth-order valence-corrected chi connectivity index (χ4v) is 1.98. The molecule has 1 aromatic carbocycles. The highest BCUT2D eigenvalue weighted by Crippen LogP contribution is 2.14. The predicted molar refractivity (Wildman–Crippen MR) is 77.2 cm³/mol. The molecule has 2 rings (SSSR count). The summed E-state index contributed by atoms with van der Waals surface area (Å²) in [4.78, 5) is 0. The lowest BCUT2D eigenvalue weighted by molar-refractivity contribution is 0.670. The molecule has 0 saturated heterocycles. The lowest BCUT2D eigenvalue weighted by Crippen LogP contribution is -2.08. The van der Waals surface area contributed by atoms with Crippen LogP contribution in [-0.4, -0.2) is 15.0 Å². The van der Waals surface area contributed by atoms with E-state index in [1.165, 1.54) is 18.4 Å². The summed E-state index contributed by atoms with van der Waals surface area (Å²) in [5.74, 6) is 0. The van der Waals surface area contributed by atoms with Crippen LogP contribution in [0.15, 0.2) is 30.5 Å². The first-order valence-electron chi connectivity index (χ1n) is 7.01. The molecule has 2 N–H and O–H groups in total. The van der Waals surface area contributed by atoms with Crippen LogP contribution in [0.25, 0.3) is 5.69 Å². The van der Waals surface area contributed by atoms with Crippen LogP contribution in [0.3, 0.4) is 0 Å². The Morgan fingerprint density at radius 2 is 1.95 bits per heavy atom. The molecule has 1 aromatic heterocycles. The monoisotopic (exact) mass is 258 g/mol. The maximum absolute atomic E-state index is 5.95. The Hall–Kier alpha value is -1.68.